The Morgan fingerprint density at radius 1 is 0.389 bits per heavy atom. The number of carbonyl (C=O) groups excluding carboxylic acids is 2. The molecule has 0 aliphatic heterocycles. The van der Waals surface area contributed by atoms with E-state index < -0.39 is 6.10 Å². The van der Waals surface area contributed by atoms with Gasteiger partial charge in [0.15, 0.2) is 6.10 Å². The molecule has 0 radical (unpaired) electrons. The van der Waals surface area contributed by atoms with Crippen LogP contribution in [-0.2, 0) is 23.8 Å². The van der Waals surface area contributed by atoms with Gasteiger partial charge in [0.2, 0.25) is 0 Å². The Balaban J connectivity index is 3.96. The van der Waals surface area contributed by atoms with Crippen LogP contribution >= 0.6 is 0 Å². The van der Waals surface area contributed by atoms with Gasteiger partial charge >= 0.3 is 11.9 Å². The first-order chi connectivity index (χ1) is 26.6. The summed E-state index contributed by atoms with van der Waals surface area (Å²) in [6.45, 7) is 7.79. The number of hydrogen-bond donors (Lipinski definition) is 0. The van der Waals surface area contributed by atoms with Crippen LogP contribution in [0.4, 0.5) is 0 Å². The van der Waals surface area contributed by atoms with E-state index in [9.17, 15) is 9.59 Å². The number of rotatable bonds is 45. The first-order valence-corrected chi connectivity index (χ1v) is 24.2. The summed E-state index contributed by atoms with van der Waals surface area (Å²) in [4.78, 5) is 25.0. The number of hydrogen-bond acceptors (Lipinski definition) is 5. The van der Waals surface area contributed by atoms with Gasteiger partial charge in [0.1, 0.15) is 6.61 Å². The van der Waals surface area contributed by atoms with Crippen molar-refractivity contribution in [1.82, 2.24) is 0 Å². The van der Waals surface area contributed by atoms with Gasteiger partial charge in [-0.3, -0.25) is 9.59 Å². The summed E-state index contributed by atoms with van der Waals surface area (Å²) >= 11 is 0. The molecule has 0 heterocycles. The highest BCUT2D eigenvalue weighted by molar-refractivity contribution is 5.70. The third-order valence-corrected chi connectivity index (χ3v) is 10.8. The van der Waals surface area contributed by atoms with Crippen LogP contribution in [0, 0.1) is 0 Å². The lowest BCUT2D eigenvalue weighted by molar-refractivity contribution is -0.163. The molecule has 0 aromatic heterocycles. The normalized spacial score (nSPS) is 12.1. The van der Waals surface area contributed by atoms with E-state index in [1.807, 2.05) is 0 Å². The summed E-state index contributed by atoms with van der Waals surface area (Å²) < 4.78 is 17.2. The van der Waals surface area contributed by atoms with Crippen molar-refractivity contribution in [2.24, 2.45) is 0 Å². The molecule has 5 heteroatoms. The van der Waals surface area contributed by atoms with Crippen LogP contribution in [0.2, 0.25) is 0 Å². The molecule has 0 saturated heterocycles. The van der Waals surface area contributed by atoms with Crippen LogP contribution in [0.25, 0.3) is 0 Å². The standard InChI is InChI=1S/C49H94O5/c1-4-7-10-13-15-17-19-21-22-23-24-25-26-27-29-31-33-35-38-41-44-52-45-47(54-49(51)43-40-36-12-9-6-3)46-53-48(50)42-39-37-34-32-30-28-20-18-16-14-11-8-5-2/h21-22,47H,4-20,23-46H2,1-3H3/b22-21-. The third kappa shape index (κ3) is 43.4. The van der Waals surface area contributed by atoms with E-state index in [0.717, 1.165) is 38.5 Å². The van der Waals surface area contributed by atoms with E-state index in [-0.39, 0.29) is 18.5 Å². The molecule has 0 saturated carbocycles. The summed E-state index contributed by atoms with van der Waals surface area (Å²) in [5, 5.41) is 0. The molecule has 0 rings (SSSR count). The van der Waals surface area contributed by atoms with Gasteiger partial charge < -0.3 is 14.2 Å². The minimum atomic E-state index is -0.523. The highest BCUT2D eigenvalue weighted by Crippen LogP contribution is 2.15. The lowest BCUT2D eigenvalue weighted by Crippen LogP contribution is -2.30. The van der Waals surface area contributed by atoms with E-state index in [4.69, 9.17) is 14.2 Å². The lowest BCUT2D eigenvalue weighted by Gasteiger charge is -2.18. The Labute approximate surface area is 337 Å². The van der Waals surface area contributed by atoms with Crippen molar-refractivity contribution >= 4 is 11.9 Å². The van der Waals surface area contributed by atoms with E-state index in [1.165, 1.54) is 193 Å². The van der Waals surface area contributed by atoms with Crippen LogP contribution in [0.3, 0.4) is 0 Å². The number of esters is 2. The van der Waals surface area contributed by atoms with Gasteiger partial charge in [-0.05, 0) is 44.9 Å². The molecule has 0 spiro atoms. The zero-order chi connectivity index (χ0) is 39.3. The fourth-order valence-corrected chi connectivity index (χ4v) is 7.15. The summed E-state index contributed by atoms with van der Waals surface area (Å²) in [7, 11) is 0. The third-order valence-electron chi connectivity index (χ3n) is 10.8. The molecule has 1 unspecified atom stereocenters. The molecule has 0 aromatic carbocycles. The average molecular weight is 763 g/mol. The second kappa shape index (κ2) is 46.0. The predicted molar refractivity (Wildman–Crippen MR) is 233 cm³/mol. The topological polar surface area (TPSA) is 61.8 Å². The summed E-state index contributed by atoms with van der Waals surface area (Å²) in [5.41, 5.74) is 0. The Bertz CT molecular complexity index is 780. The Kier molecular flexibility index (Phi) is 44.9. The summed E-state index contributed by atoms with van der Waals surface area (Å²) in [5.74, 6) is -0.395. The maximum absolute atomic E-state index is 12.5. The average Bonchev–Trinajstić information content (AvgIpc) is 3.17. The minimum Gasteiger partial charge on any atom is -0.462 e. The second-order valence-electron chi connectivity index (χ2n) is 16.4. The van der Waals surface area contributed by atoms with Crippen molar-refractivity contribution < 1.29 is 23.8 Å². The zero-order valence-corrected chi connectivity index (χ0v) is 36.8. The minimum absolute atomic E-state index is 0.0921. The van der Waals surface area contributed by atoms with Gasteiger partial charge in [-0.15, -0.1) is 0 Å². The number of unbranched alkanes of at least 4 members (excludes halogenated alkanes) is 32. The van der Waals surface area contributed by atoms with Gasteiger partial charge in [0, 0.05) is 19.4 Å². The van der Waals surface area contributed by atoms with Gasteiger partial charge in [-0.25, -0.2) is 0 Å². The maximum atomic E-state index is 12.5. The van der Waals surface area contributed by atoms with E-state index in [0.29, 0.717) is 26.1 Å². The monoisotopic (exact) mass is 763 g/mol. The molecule has 0 amide bonds. The second-order valence-corrected chi connectivity index (χ2v) is 16.4. The fourth-order valence-electron chi connectivity index (χ4n) is 7.15. The predicted octanol–water partition coefficient (Wildman–Crippen LogP) is 15.9. The van der Waals surface area contributed by atoms with Crippen molar-refractivity contribution in [2.45, 2.75) is 271 Å². The van der Waals surface area contributed by atoms with E-state index in [2.05, 4.69) is 32.9 Å². The number of ether oxygens (including phenoxy) is 3. The largest absolute Gasteiger partial charge is 0.462 e. The molecule has 0 N–H and O–H groups in total. The van der Waals surface area contributed by atoms with Crippen LogP contribution in [0.5, 0.6) is 0 Å². The van der Waals surface area contributed by atoms with Gasteiger partial charge in [0.05, 0.1) is 6.61 Å². The molecule has 5 nitrogen and oxygen atoms in total. The van der Waals surface area contributed by atoms with Crippen LogP contribution in [0.1, 0.15) is 265 Å². The molecule has 0 aliphatic rings. The van der Waals surface area contributed by atoms with Gasteiger partial charge in [-0.1, -0.05) is 219 Å². The first-order valence-electron chi connectivity index (χ1n) is 24.2. The smallest absolute Gasteiger partial charge is 0.306 e. The van der Waals surface area contributed by atoms with Crippen molar-refractivity contribution in [3.8, 4) is 0 Å². The van der Waals surface area contributed by atoms with Crippen molar-refractivity contribution in [1.29, 1.82) is 0 Å². The maximum Gasteiger partial charge on any atom is 0.306 e. The molecule has 54 heavy (non-hydrogen) atoms. The SMILES string of the molecule is CCCCCCCC/C=C\CCCCCCCCCCCCOCC(COC(=O)CCCCCCCCCCCCCCC)OC(=O)CCCCCCC. The Morgan fingerprint density at radius 2 is 0.722 bits per heavy atom. The van der Waals surface area contributed by atoms with E-state index in [1.54, 1.807) is 0 Å². The molecular formula is C49H94O5. The van der Waals surface area contributed by atoms with Crippen molar-refractivity contribution in [3.63, 3.8) is 0 Å². The van der Waals surface area contributed by atoms with Crippen LogP contribution in [-0.4, -0.2) is 37.9 Å². The summed E-state index contributed by atoms with van der Waals surface area (Å²) in [6, 6.07) is 0. The molecule has 0 aliphatic carbocycles. The van der Waals surface area contributed by atoms with Gasteiger partial charge in [-0.2, -0.15) is 0 Å². The van der Waals surface area contributed by atoms with Crippen LogP contribution < -0.4 is 0 Å². The Hall–Kier alpha value is -1.36. The van der Waals surface area contributed by atoms with Crippen molar-refractivity contribution in [2.75, 3.05) is 19.8 Å². The van der Waals surface area contributed by atoms with Crippen molar-refractivity contribution in [3.05, 3.63) is 12.2 Å². The van der Waals surface area contributed by atoms with Gasteiger partial charge in [0.25, 0.3) is 0 Å². The molecule has 0 bridgehead atoms. The molecular weight excluding hydrogens is 669 g/mol. The zero-order valence-electron chi connectivity index (χ0n) is 36.8. The highest BCUT2D eigenvalue weighted by atomic mass is 16.6. The number of allylic oxidation sites excluding steroid dienone is 2. The quantitative estimate of drug-likeness (QED) is 0.0351. The molecule has 1 atom stereocenters. The molecule has 0 aromatic rings. The molecule has 320 valence electrons. The lowest BCUT2D eigenvalue weighted by atomic mass is 10.0. The highest BCUT2D eigenvalue weighted by Gasteiger charge is 2.17. The first kappa shape index (κ1) is 52.6. The van der Waals surface area contributed by atoms with E-state index >= 15 is 0 Å². The fraction of sp³-hybridized carbons (Fsp3) is 0.918. The number of carbonyl (C=O) groups is 2. The van der Waals surface area contributed by atoms with Crippen LogP contribution in [0.15, 0.2) is 12.2 Å². The summed E-state index contributed by atoms with van der Waals surface area (Å²) in [6.07, 6.45) is 51.0. The molecule has 0 fully saturated rings. The Morgan fingerprint density at radius 3 is 1.13 bits per heavy atom.